The molecule has 30 heavy (non-hydrogen) atoms. The van der Waals surface area contributed by atoms with Gasteiger partial charge >= 0.3 is 6.61 Å². The summed E-state index contributed by atoms with van der Waals surface area (Å²) in [6.07, 6.45) is 0.645. The van der Waals surface area contributed by atoms with Crippen molar-refractivity contribution in [3.8, 4) is 11.7 Å². The molecular weight excluding hydrogens is 397 g/mol. The molecule has 154 valence electrons. The molecule has 0 unspecified atom stereocenters. The number of alkyl halides is 2. The van der Waals surface area contributed by atoms with Gasteiger partial charge in [-0.05, 0) is 24.3 Å². The van der Waals surface area contributed by atoms with Crippen LogP contribution in [0.2, 0.25) is 0 Å². The Kier molecular flexibility index (Phi) is 5.13. The van der Waals surface area contributed by atoms with Crippen LogP contribution in [0.15, 0.2) is 48.5 Å². The van der Waals surface area contributed by atoms with E-state index in [1.54, 1.807) is 4.57 Å². The summed E-state index contributed by atoms with van der Waals surface area (Å²) in [6, 6.07) is 12.6. The summed E-state index contributed by atoms with van der Waals surface area (Å²) in [7, 11) is 0. The lowest BCUT2D eigenvalue weighted by atomic mass is 10.3. The number of hydrogen-bond donors (Lipinski definition) is 2. The summed E-state index contributed by atoms with van der Waals surface area (Å²) in [5.41, 5.74) is 7.87. The maximum Gasteiger partial charge on any atom is 0.387 e. The Morgan fingerprint density at radius 2 is 1.90 bits per heavy atom. The van der Waals surface area contributed by atoms with Crippen molar-refractivity contribution in [2.75, 3.05) is 11.1 Å². The summed E-state index contributed by atoms with van der Waals surface area (Å²) in [5, 5.41) is 2.91. The second-order valence-electron chi connectivity index (χ2n) is 6.33. The maximum absolute atomic E-state index is 14.0. The van der Waals surface area contributed by atoms with E-state index in [0.29, 0.717) is 18.2 Å². The molecule has 7 nitrogen and oxygen atoms in total. The van der Waals surface area contributed by atoms with Crippen molar-refractivity contribution >= 4 is 28.4 Å². The first-order valence-electron chi connectivity index (χ1n) is 9.07. The van der Waals surface area contributed by atoms with Crippen molar-refractivity contribution in [2.24, 2.45) is 0 Å². The maximum atomic E-state index is 14.0. The summed E-state index contributed by atoms with van der Waals surface area (Å²) in [4.78, 5) is 13.4. The van der Waals surface area contributed by atoms with Crippen LogP contribution in [-0.2, 0) is 6.42 Å². The first-order valence-corrected chi connectivity index (χ1v) is 9.07. The predicted molar refractivity (Wildman–Crippen MR) is 107 cm³/mol. The van der Waals surface area contributed by atoms with Crippen LogP contribution in [0.5, 0.6) is 5.75 Å². The van der Waals surface area contributed by atoms with Crippen LogP contribution in [0, 0.1) is 5.82 Å². The lowest BCUT2D eigenvalue weighted by Gasteiger charge is -2.12. The summed E-state index contributed by atoms with van der Waals surface area (Å²) in [5.74, 6) is 0.0838. The van der Waals surface area contributed by atoms with Gasteiger partial charge in [0, 0.05) is 24.2 Å². The molecule has 4 aromatic rings. The van der Waals surface area contributed by atoms with Gasteiger partial charge in [-0.25, -0.2) is 9.37 Å². The number of aromatic nitrogens is 4. The lowest BCUT2D eigenvalue weighted by Crippen LogP contribution is -2.09. The van der Waals surface area contributed by atoms with E-state index < -0.39 is 18.2 Å². The lowest BCUT2D eigenvalue weighted by molar-refractivity contribution is -0.0521. The Labute approximate surface area is 169 Å². The van der Waals surface area contributed by atoms with Crippen LogP contribution in [0.3, 0.4) is 0 Å². The van der Waals surface area contributed by atoms with Gasteiger partial charge in [0.15, 0.2) is 11.6 Å². The molecule has 10 heteroatoms. The Morgan fingerprint density at radius 1 is 1.10 bits per heavy atom. The molecule has 0 aliphatic rings. The van der Waals surface area contributed by atoms with E-state index in [1.165, 1.54) is 12.1 Å². The highest BCUT2D eigenvalue weighted by Crippen LogP contribution is 2.26. The van der Waals surface area contributed by atoms with Crippen molar-refractivity contribution in [3.05, 3.63) is 60.2 Å². The van der Waals surface area contributed by atoms with Crippen LogP contribution in [0.25, 0.3) is 17.0 Å². The average Bonchev–Trinajstić information content (AvgIpc) is 3.08. The van der Waals surface area contributed by atoms with Gasteiger partial charge in [0.2, 0.25) is 5.95 Å². The number of nitrogens with two attached hydrogens (primary N) is 1. The standard InChI is InChI=1S/C20H17F3N6O/c1-2-18-26-13-5-3-4-6-14(13)29(18)20-27-16(24)10-17(28-20)25-11-7-8-15(12(21)9-11)30-19(22)23/h3-10,19H,2H2,1H3,(H3,24,25,27,28). The second kappa shape index (κ2) is 7.90. The molecule has 0 radical (unpaired) electrons. The highest BCUT2D eigenvalue weighted by atomic mass is 19.3. The minimum absolute atomic E-state index is 0.195. The third-order valence-corrected chi connectivity index (χ3v) is 4.30. The van der Waals surface area contributed by atoms with Crippen LogP contribution in [0.1, 0.15) is 12.7 Å². The normalized spacial score (nSPS) is 11.2. The van der Waals surface area contributed by atoms with Gasteiger partial charge in [-0.15, -0.1) is 0 Å². The number of halogens is 3. The number of nitrogens with zero attached hydrogens (tertiary/aromatic N) is 4. The zero-order chi connectivity index (χ0) is 21.3. The molecule has 0 fully saturated rings. The Bertz CT molecular complexity index is 1210. The van der Waals surface area contributed by atoms with E-state index in [2.05, 4.69) is 25.0 Å². The zero-order valence-electron chi connectivity index (χ0n) is 15.8. The number of nitrogens with one attached hydrogen (secondary N) is 1. The summed E-state index contributed by atoms with van der Waals surface area (Å²) < 4.78 is 44.5. The molecule has 3 N–H and O–H groups in total. The summed E-state index contributed by atoms with van der Waals surface area (Å²) in [6.45, 7) is -1.14. The number of aryl methyl sites for hydroxylation is 1. The van der Waals surface area contributed by atoms with Crippen molar-refractivity contribution < 1.29 is 17.9 Å². The molecule has 2 heterocycles. The van der Waals surface area contributed by atoms with E-state index in [1.807, 2.05) is 31.2 Å². The number of fused-ring (bicyclic) bond motifs is 1. The summed E-state index contributed by atoms with van der Waals surface area (Å²) >= 11 is 0. The number of para-hydroxylation sites is 2. The largest absolute Gasteiger partial charge is 0.432 e. The Balaban J connectivity index is 1.71. The molecule has 0 aliphatic heterocycles. The quantitative estimate of drug-likeness (QED) is 0.485. The van der Waals surface area contributed by atoms with Crippen molar-refractivity contribution in [2.45, 2.75) is 20.0 Å². The van der Waals surface area contributed by atoms with Crippen molar-refractivity contribution in [3.63, 3.8) is 0 Å². The van der Waals surface area contributed by atoms with Gasteiger partial charge < -0.3 is 15.8 Å². The van der Waals surface area contributed by atoms with Gasteiger partial charge in [-0.3, -0.25) is 4.57 Å². The highest BCUT2D eigenvalue weighted by Gasteiger charge is 2.15. The average molecular weight is 414 g/mol. The molecule has 0 aliphatic carbocycles. The van der Waals surface area contributed by atoms with Gasteiger partial charge in [0.25, 0.3) is 0 Å². The van der Waals surface area contributed by atoms with Crippen LogP contribution < -0.4 is 15.8 Å². The number of nitrogen functional groups attached to an aromatic ring is 1. The van der Waals surface area contributed by atoms with E-state index in [9.17, 15) is 13.2 Å². The molecule has 0 saturated heterocycles. The van der Waals surface area contributed by atoms with Crippen molar-refractivity contribution in [1.29, 1.82) is 0 Å². The molecule has 4 rings (SSSR count). The molecule has 0 saturated carbocycles. The molecule has 0 bridgehead atoms. The van der Waals surface area contributed by atoms with E-state index in [-0.39, 0.29) is 11.5 Å². The Hall–Kier alpha value is -3.82. The van der Waals surface area contributed by atoms with Gasteiger partial charge in [0.1, 0.15) is 17.5 Å². The minimum Gasteiger partial charge on any atom is -0.432 e. The fourth-order valence-electron chi connectivity index (χ4n) is 3.07. The third-order valence-electron chi connectivity index (χ3n) is 4.30. The third kappa shape index (κ3) is 3.84. The zero-order valence-corrected chi connectivity index (χ0v) is 15.8. The monoisotopic (exact) mass is 414 g/mol. The van der Waals surface area contributed by atoms with Crippen LogP contribution in [-0.4, -0.2) is 26.1 Å². The number of ether oxygens (including phenoxy) is 1. The van der Waals surface area contributed by atoms with Crippen LogP contribution >= 0.6 is 0 Å². The minimum atomic E-state index is -3.11. The molecule has 0 spiro atoms. The van der Waals surface area contributed by atoms with Gasteiger partial charge in [0.05, 0.1) is 11.0 Å². The van der Waals surface area contributed by atoms with Crippen LogP contribution in [0.4, 0.5) is 30.5 Å². The highest BCUT2D eigenvalue weighted by molar-refractivity contribution is 5.77. The number of imidazole rings is 1. The fraction of sp³-hybridized carbons (Fsp3) is 0.150. The topological polar surface area (TPSA) is 90.9 Å². The first kappa shape index (κ1) is 19.5. The molecule has 0 atom stereocenters. The van der Waals surface area contributed by atoms with E-state index in [0.717, 1.165) is 29.0 Å². The van der Waals surface area contributed by atoms with E-state index in [4.69, 9.17) is 5.73 Å². The number of hydrogen-bond acceptors (Lipinski definition) is 6. The predicted octanol–water partition coefficient (Wildman–Crippen LogP) is 4.44. The van der Waals surface area contributed by atoms with Gasteiger partial charge in [-0.1, -0.05) is 19.1 Å². The van der Waals surface area contributed by atoms with E-state index >= 15 is 0 Å². The first-order chi connectivity index (χ1) is 14.4. The molecule has 2 aromatic carbocycles. The number of rotatable bonds is 6. The molecule has 0 amide bonds. The Morgan fingerprint density at radius 3 is 2.63 bits per heavy atom. The van der Waals surface area contributed by atoms with Crippen molar-refractivity contribution in [1.82, 2.24) is 19.5 Å². The number of anilines is 3. The SMILES string of the molecule is CCc1nc2ccccc2n1-c1nc(N)cc(Nc2ccc(OC(F)F)c(F)c2)n1. The fourth-order valence-corrected chi connectivity index (χ4v) is 3.07. The molecular formula is C20H17F3N6O. The molecule has 2 aromatic heterocycles. The van der Waals surface area contributed by atoms with Gasteiger partial charge in [-0.2, -0.15) is 18.7 Å². The number of benzene rings is 2. The second-order valence-corrected chi connectivity index (χ2v) is 6.33. The smallest absolute Gasteiger partial charge is 0.387 e.